The molecule has 176 valence electrons. The van der Waals surface area contributed by atoms with Gasteiger partial charge in [0.25, 0.3) is 5.89 Å². The van der Waals surface area contributed by atoms with Crippen molar-refractivity contribution >= 4 is 29.1 Å². The molecule has 7 heteroatoms. The maximum absolute atomic E-state index is 13.3. The predicted octanol–water partition coefficient (Wildman–Crippen LogP) is 6.72. The molecule has 4 aromatic rings. The van der Waals surface area contributed by atoms with Crippen LogP contribution in [0.15, 0.2) is 94.0 Å². The third kappa shape index (κ3) is 4.47. The molecule has 6 nitrogen and oxygen atoms in total. The lowest BCUT2D eigenvalue weighted by Gasteiger charge is -2.35. The van der Waals surface area contributed by atoms with Crippen LogP contribution in [0, 0.1) is 0 Å². The number of urea groups is 1. The lowest BCUT2D eigenvalue weighted by molar-refractivity contribution is 0.244. The normalized spacial score (nSPS) is 15.9. The maximum atomic E-state index is 13.3. The van der Waals surface area contributed by atoms with E-state index >= 15 is 0 Å². The number of hydrogen-bond acceptors (Lipinski definition) is 5. The van der Waals surface area contributed by atoms with Gasteiger partial charge in [0.1, 0.15) is 0 Å². The second-order valence-electron chi connectivity index (χ2n) is 8.30. The van der Waals surface area contributed by atoms with Crippen LogP contribution in [0.25, 0.3) is 17.0 Å². The summed E-state index contributed by atoms with van der Waals surface area (Å²) >= 11 is 1.68. The van der Waals surface area contributed by atoms with Crippen LogP contribution in [-0.4, -0.2) is 22.4 Å². The molecular weight excluding hydrogens is 456 g/mol. The SMILES string of the molecule is CCc1ccc(N2C(=O)NC(c3ccccc3)C(c3nc(-c4ccc(SC)cc4)no3)=C2C)cc1. The Hall–Kier alpha value is -3.84. The monoisotopic (exact) mass is 482 g/mol. The number of rotatable bonds is 6. The smallest absolute Gasteiger partial charge is 0.326 e. The average molecular weight is 483 g/mol. The fourth-order valence-electron chi connectivity index (χ4n) is 4.30. The summed E-state index contributed by atoms with van der Waals surface area (Å²) in [7, 11) is 0. The summed E-state index contributed by atoms with van der Waals surface area (Å²) in [6.45, 7) is 4.03. The van der Waals surface area contributed by atoms with Gasteiger partial charge in [-0.2, -0.15) is 4.98 Å². The number of carbonyl (C=O) groups excluding carboxylic acids is 1. The van der Waals surface area contributed by atoms with E-state index in [4.69, 9.17) is 9.51 Å². The van der Waals surface area contributed by atoms with Crippen molar-refractivity contribution in [2.24, 2.45) is 0 Å². The first-order chi connectivity index (χ1) is 17.1. The van der Waals surface area contributed by atoms with Gasteiger partial charge in [0.15, 0.2) is 0 Å². The Morgan fingerprint density at radius 2 is 1.71 bits per heavy atom. The second kappa shape index (κ2) is 9.80. The van der Waals surface area contributed by atoms with Gasteiger partial charge in [-0.25, -0.2) is 4.79 Å². The van der Waals surface area contributed by atoms with Crippen LogP contribution >= 0.6 is 11.8 Å². The molecule has 1 unspecified atom stereocenters. The van der Waals surface area contributed by atoms with Gasteiger partial charge in [-0.3, -0.25) is 4.90 Å². The number of anilines is 1. The number of amides is 2. The van der Waals surface area contributed by atoms with E-state index in [0.29, 0.717) is 11.7 Å². The first-order valence-electron chi connectivity index (χ1n) is 11.5. The van der Waals surface area contributed by atoms with E-state index in [9.17, 15) is 4.79 Å². The highest BCUT2D eigenvalue weighted by molar-refractivity contribution is 7.98. The summed E-state index contributed by atoms with van der Waals surface area (Å²) in [5, 5.41) is 7.41. The average Bonchev–Trinajstić information content (AvgIpc) is 3.39. The van der Waals surface area contributed by atoms with Crippen molar-refractivity contribution in [2.45, 2.75) is 31.2 Å². The highest BCUT2D eigenvalue weighted by Gasteiger charge is 2.36. The fourth-order valence-corrected chi connectivity index (χ4v) is 4.71. The van der Waals surface area contributed by atoms with Crippen molar-refractivity contribution in [1.82, 2.24) is 15.5 Å². The molecule has 0 saturated heterocycles. The van der Waals surface area contributed by atoms with Crippen molar-refractivity contribution < 1.29 is 9.32 Å². The molecule has 35 heavy (non-hydrogen) atoms. The summed E-state index contributed by atoms with van der Waals surface area (Å²) in [6, 6.07) is 25.3. The lowest BCUT2D eigenvalue weighted by atomic mass is 9.94. The summed E-state index contributed by atoms with van der Waals surface area (Å²) in [5.41, 5.74) is 5.34. The summed E-state index contributed by atoms with van der Waals surface area (Å²) in [6.07, 6.45) is 2.98. The Morgan fingerprint density at radius 1 is 1.00 bits per heavy atom. The first kappa shape index (κ1) is 22.9. The van der Waals surface area contributed by atoms with Gasteiger partial charge in [0, 0.05) is 16.2 Å². The standard InChI is InChI=1S/C28H26N4O2S/c1-4-19-10-14-22(15-11-19)32-18(2)24(25(29-28(32)33)20-8-6-5-7-9-20)27-30-26(31-34-27)21-12-16-23(35-3)17-13-21/h5-17,25H,4H2,1-3H3,(H,29,33). The van der Waals surface area contributed by atoms with Crippen LogP contribution in [-0.2, 0) is 6.42 Å². The minimum absolute atomic E-state index is 0.197. The molecule has 0 fully saturated rings. The summed E-state index contributed by atoms with van der Waals surface area (Å²) in [4.78, 5) is 20.9. The Morgan fingerprint density at radius 3 is 2.37 bits per heavy atom. The number of thioether (sulfide) groups is 1. The molecule has 0 spiro atoms. The third-order valence-electron chi connectivity index (χ3n) is 6.23. The van der Waals surface area contributed by atoms with Gasteiger partial charge in [0.2, 0.25) is 5.82 Å². The Labute approximate surface area is 209 Å². The Balaban J connectivity index is 1.61. The van der Waals surface area contributed by atoms with E-state index in [1.54, 1.807) is 16.7 Å². The first-order valence-corrected chi connectivity index (χ1v) is 12.7. The number of allylic oxidation sites excluding steroid dienone is 1. The molecule has 2 heterocycles. The quantitative estimate of drug-likeness (QED) is 0.309. The van der Waals surface area contributed by atoms with Gasteiger partial charge in [-0.05, 0) is 67.1 Å². The number of benzene rings is 3. The fraction of sp³-hybridized carbons (Fsp3) is 0.179. The minimum atomic E-state index is -0.415. The highest BCUT2D eigenvalue weighted by Crippen LogP contribution is 2.39. The molecule has 0 saturated carbocycles. The molecule has 1 aliphatic heterocycles. The van der Waals surface area contributed by atoms with E-state index in [1.165, 1.54) is 10.5 Å². The third-order valence-corrected chi connectivity index (χ3v) is 6.97. The van der Waals surface area contributed by atoms with Gasteiger partial charge in [-0.1, -0.05) is 54.5 Å². The van der Waals surface area contributed by atoms with Crippen LogP contribution in [0.5, 0.6) is 0 Å². The highest BCUT2D eigenvalue weighted by atomic mass is 32.2. The molecule has 3 aromatic carbocycles. The topological polar surface area (TPSA) is 71.3 Å². The second-order valence-corrected chi connectivity index (χ2v) is 9.18. The van der Waals surface area contributed by atoms with E-state index in [-0.39, 0.29) is 6.03 Å². The number of aromatic nitrogens is 2. The molecule has 1 aliphatic rings. The van der Waals surface area contributed by atoms with Crippen LogP contribution < -0.4 is 10.2 Å². The van der Waals surface area contributed by atoms with Crippen LogP contribution in [0.3, 0.4) is 0 Å². The largest absolute Gasteiger partial charge is 0.334 e. The van der Waals surface area contributed by atoms with Crippen LogP contribution in [0.1, 0.15) is 36.9 Å². The minimum Gasteiger partial charge on any atom is -0.334 e. The molecule has 0 aliphatic carbocycles. The molecule has 1 aromatic heterocycles. The van der Waals surface area contributed by atoms with E-state index in [2.05, 4.69) is 17.4 Å². The van der Waals surface area contributed by atoms with E-state index in [0.717, 1.165) is 34.5 Å². The zero-order valence-corrected chi connectivity index (χ0v) is 20.7. The van der Waals surface area contributed by atoms with Crippen molar-refractivity contribution in [2.75, 3.05) is 11.2 Å². The number of carbonyl (C=O) groups is 1. The number of hydrogen-bond donors (Lipinski definition) is 1. The molecule has 1 N–H and O–H groups in total. The number of nitrogens with one attached hydrogen (secondary N) is 1. The van der Waals surface area contributed by atoms with Crippen molar-refractivity contribution in [3.05, 3.63) is 102 Å². The van der Waals surface area contributed by atoms with Gasteiger partial charge in [-0.15, -0.1) is 11.8 Å². The Bertz CT molecular complexity index is 1360. The van der Waals surface area contributed by atoms with Gasteiger partial charge < -0.3 is 9.84 Å². The zero-order valence-electron chi connectivity index (χ0n) is 19.9. The molecular formula is C28H26N4O2S. The molecule has 0 bridgehead atoms. The lowest BCUT2D eigenvalue weighted by Crippen LogP contribution is -2.46. The molecule has 2 amide bonds. The van der Waals surface area contributed by atoms with E-state index < -0.39 is 6.04 Å². The number of nitrogens with zero attached hydrogens (tertiary/aromatic N) is 3. The molecule has 0 radical (unpaired) electrons. The van der Waals surface area contributed by atoms with Crippen LogP contribution in [0.2, 0.25) is 0 Å². The maximum Gasteiger partial charge on any atom is 0.326 e. The van der Waals surface area contributed by atoms with Crippen molar-refractivity contribution in [1.29, 1.82) is 0 Å². The molecule has 5 rings (SSSR count). The van der Waals surface area contributed by atoms with Gasteiger partial charge in [0.05, 0.1) is 17.3 Å². The van der Waals surface area contributed by atoms with Gasteiger partial charge >= 0.3 is 6.03 Å². The predicted molar refractivity (Wildman–Crippen MR) is 140 cm³/mol. The van der Waals surface area contributed by atoms with Crippen LogP contribution in [0.4, 0.5) is 10.5 Å². The summed E-state index contributed by atoms with van der Waals surface area (Å²) < 4.78 is 5.79. The Kier molecular flexibility index (Phi) is 6.42. The van der Waals surface area contributed by atoms with Crippen molar-refractivity contribution in [3.8, 4) is 11.4 Å². The number of aryl methyl sites for hydroxylation is 1. The summed E-state index contributed by atoms with van der Waals surface area (Å²) in [5.74, 6) is 0.894. The molecule has 1 atom stereocenters. The van der Waals surface area contributed by atoms with Crippen molar-refractivity contribution in [3.63, 3.8) is 0 Å². The van der Waals surface area contributed by atoms with E-state index in [1.807, 2.05) is 92.0 Å². The zero-order chi connectivity index (χ0) is 24.4.